The molecule has 0 aromatic heterocycles. The van der Waals surface area contributed by atoms with E-state index in [1.54, 1.807) is 6.92 Å². The summed E-state index contributed by atoms with van der Waals surface area (Å²) in [6.07, 6.45) is 0.521. The number of sulfonamides is 1. The van der Waals surface area contributed by atoms with Gasteiger partial charge in [0.2, 0.25) is 10.0 Å². The third-order valence-electron chi connectivity index (χ3n) is 2.24. The standard InChI is InChI=1S/C11H18N2O2S/c1-10(9-12)13-16(14,15)8-7-11-5-3-2-4-6-11/h2-6,10,13H,7-9,12H2,1H3/t10-/m0/s1. The number of hydrogen-bond donors (Lipinski definition) is 2. The van der Waals surface area contributed by atoms with E-state index in [9.17, 15) is 8.42 Å². The summed E-state index contributed by atoms with van der Waals surface area (Å²) < 4.78 is 25.7. The molecule has 0 heterocycles. The zero-order valence-electron chi connectivity index (χ0n) is 9.39. The normalized spacial score (nSPS) is 13.6. The summed E-state index contributed by atoms with van der Waals surface area (Å²) in [5.41, 5.74) is 6.38. The van der Waals surface area contributed by atoms with Crippen LogP contribution < -0.4 is 10.5 Å². The SMILES string of the molecule is C[C@@H](CN)NS(=O)(=O)CCc1ccccc1. The molecule has 0 aliphatic heterocycles. The third-order valence-corrected chi connectivity index (χ3v) is 3.74. The summed E-state index contributed by atoms with van der Waals surface area (Å²) in [6, 6.07) is 9.34. The molecule has 1 rings (SSSR count). The van der Waals surface area contributed by atoms with Gasteiger partial charge in [0.1, 0.15) is 0 Å². The lowest BCUT2D eigenvalue weighted by atomic mass is 10.2. The molecule has 0 saturated heterocycles. The molecule has 0 saturated carbocycles. The maximum atomic E-state index is 11.6. The van der Waals surface area contributed by atoms with E-state index >= 15 is 0 Å². The van der Waals surface area contributed by atoms with E-state index in [0.717, 1.165) is 5.56 Å². The monoisotopic (exact) mass is 242 g/mol. The minimum atomic E-state index is -3.22. The van der Waals surface area contributed by atoms with E-state index in [1.165, 1.54) is 0 Å². The molecule has 16 heavy (non-hydrogen) atoms. The van der Waals surface area contributed by atoms with Gasteiger partial charge in [0.15, 0.2) is 0 Å². The number of benzene rings is 1. The third kappa shape index (κ3) is 4.74. The van der Waals surface area contributed by atoms with Crippen molar-refractivity contribution in [1.29, 1.82) is 0 Å². The van der Waals surface area contributed by atoms with Crippen LogP contribution in [0.2, 0.25) is 0 Å². The van der Waals surface area contributed by atoms with E-state index in [2.05, 4.69) is 4.72 Å². The molecule has 1 aromatic rings. The van der Waals surface area contributed by atoms with Crippen LogP contribution in [0, 0.1) is 0 Å². The molecular formula is C11H18N2O2S. The number of nitrogens with one attached hydrogen (secondary N) is 1. The van der Waals surface area contributed by atoms with Crippen LogP contribution in [0.5, 0.6) is 0 Å². The van der Waals surface area contributed by atoms with Gasteiger partial charge in [-0.2, -0.15) is 0 Å². The van der Waals surface area contributed by atoms with Gasteiger partial charge < -0.3 is 5.73 Å². The Morgan fingerprint density at radius 2 is 1.94 bits per heavy atom. The Morgan fingerprint density at radius 1 is 1.31 bits per heavy atom. The Labute approximate surface area is 96.9 Å². The van der Waals surface area contributed by atoms with Crippen LogP contribution in [0.4, 0.5) is 0 Å². The van der Waals surface area contributed by atoms with Gasteiger partial charge in [-0.1, -0.05) is 30.3 Å². The zero-order valence-corrected chi connectivity index (χ0v) is 10.2. The maximum Gasteiger partial charge on any atom is 0.212 e. The Balaban J connectivity index is 2.49. The van der Waals surface area contributed by atoms with E-state index in [-0.39, 0.29) is 11.8 Å². The molecule has 0 aliphatic carbocycles. The van der Waals surface area contributed by atoms with Crippen molar-refractivity contribution in [3.8, 4) is 0 Å². The highest BCUT2D eigenvalue weighted by molar-refractivity contribution is 7.89. The van der Waals surface area contributed by atoms with E-state index in [1.807, 2.05) is 30.3 Å². The van der Waals surface area contributed by atoms with Crippen molar-refractivity contribution < 1.29 is 8.42 Å². The van der Waals surface area contributed by atoms with Crippen LogP contribution in [-0.4, -0.2) is 26.8 Å². The van der Waals surface area contributed by atoms with Crippen LogP contribution >= 0.6 is 0 Å². The molecule has 3 N–H and O–H groups in total. The van der Waals surface area contributed by atoms with Crippen LogP contribution in [0.1, 0.15) is 12.5 Å². The van der Waals surface area contributed by atoms with E-state index in [0.29, 0.717) is 13.0 Å². The van der Waals surface area contributed by atoms with Crippen molar-refractivity contribution in [1.82, 2.24) is 4.72 Å². The van der Waals surface area contributed by atoms with Gasteiger partial charge in [0.25, 0.3) is 0 Å². The predicted molar refractivity (Wildman–Crippen MR) is 65.6 cm³/mol. The molecule has 1 aromatic carbocycles. The second-order valence-corrected chi connectivity index (χ2v) is 5.68. The Hall–Kier alpha value is -0.910. The molecule has 0 fully saturated rings. The lowest BCUT2D eigenvalue weighted by Gasteiger charge is -2.11. The van der Waals surface area contributed by atoms with Gasteiger partial charge in [0.05, 0.1) is 5.75 Å². The van der Waals surface area contributed by atoms with Crippen LogP contribution in [0.25, 0.3) is 0 Å². The molecule has 5 heteroatoms. The molecule has 0 amide bonds. The molecule has 0 aliphatic rings. The number of nitrogens with two attached hydrogens (primary N) is 1. The zero-order chi connectivity index (χ0) is 12.0. The molecular weight excluding hydrogens is 224 g/mol. The second kappa shape index (κ2) is 5.98. The summed E-state index contributed by atoms with van der Waals surface area (Å²) in [5, 5.41) is 0. The quantitative estimate of drug-likeness (QED) is 0.763. The second-order valence-electron chi connectivity index (χ2n) is 3.81. The molecule has 0 bridgehead atoms. The van der Waals surface area contributed by atoms with Crippen LogP contribution in [-0.2, 0) is 16.4 Å². The summed E-state index contributed by atoms with van der Waals surface area (Å²) in [7, 11) is -3.22. The van der Waals surface area contributed by atoms with Gasteiger partial charge in [-0.25, -0.2) is 13.1 Å². The minimum absolute atomic E-state index is 0.0986. The van der Waals surface area contributed by atoms with Gasteiger partial charge in [0, 0.05) is 12.6 Å². The highest BCUT2D eigenvalue weighted by atomic mass is 32.2. The lowest BCUT2D eigenvalue weighted by molar-refractivity contribution is 0.562. The predicted octanol–water partition coefficient (Wildman–Crippen LogP) is 0.496. The number of hydrogen-bond acceptors (Lipinski definition) is 3. The molecule has 0 radical (unpaired) electrons. The van der Waals surface area contributed by atoms with E-state index in [4.69, 9.17) is 5.73 Å². The molecule has 4 nitrogen and oxygen atoms in total. The molecule has 0 unspecified atom stereocenters. The lowest BCUT2D eigenvalue weighted by Crippen LogP contribution is -2.39. The van der Waals surface area contributed by atoms with Crippen molar-refractivity contribution in [2.75, 3.05) is 12.3 Å². The average molecular weight is 242 g/mol. The van der Waals surface area contributed by atoms with Crippen molar-refractivity contribution in [3.63, 3.8) is 0 Å². The first kappa shape index (κ1) is 13.2. The Bertz CT molecular complexity index is 403. The first-order valence-electron chi connectivity index (χ1n) is 5.27. The average Bonchev–Trinajstić information content (AvgIpc) is 2.27. The summed E-state index contributed by atoms with van der Waals surface area (Å²) in [4.78, 5) is 0. The van der Waals surface area contributed by atoms with E-state index < -0.39 is 10.0 Å². The Kier molecular flexibility index (Phi) is 4.92. The van der Waals surface area contributed by atoms with Crippen molar-refractivity contribution in [2.24, 2.45) is 5.73 Å². The van der Waals surface area contributed by atoms with Gasteiger partial charge in [-0.05, 0) is 18.9 Å². The molecule has 0 spiro atoms. The first-order chi connectivity index (χ1) is 7.53. The summed E-state index contributed by atoms with van der Waals surface area (Å²) in [6.45, 7) is 2.06. The summed E-state index contributed by atoms with van der Waals surface area (Å²) in [5.74, 6) is 0.0986. The molecule has 1 atom stereocenters. The molecule has 90 valence electrons. The van der Waals surface area contributed by atoms with Gasteiger partial charge in [-0.3, -0.25) is 0 Å². The number of aryl methyl sites for hydroxylation is 1. The maximum absolute atomic E-state index is 11.6. The van der Waals surface area contributed by atoms with Crippen LogP contribution in [0.15, 0.2) is 30.3 Å². The van der Waals surface area contributed by atoms with Crippen molar-refractivity contribution in [3.05, 3.63) is 35.9 Å². The minimum Gasteiger partial charge on any atom is -0.329 e. The fraction of sp³-hybridized carbons (Fsp3) is 0.455. The van der Waals surface area contributed by atoms with Crippen molar-refractivity contribution >= 4 is 10.0 Å². The Morgan fingerprint density at radius 3 is 2.50 bits per heavy atom. The van der Waals surface area contributed by atoms with Gasteiger partial charge >= 0.3 is 0 Å². The van der Waals surface area contributed by atoms with Gasteiger partial charge in [-0.15, -0.1) is 0 Å². The highest BCUT2D eigenvalue weighted by Gasteiger charge is 2.13. The highest BCUT2D eigenvalue weighted by Crippen LogP contribution is 2.01. The largest absolute Gasteiger partial charge is 0.329 e. The summed E-state index contributed by atoms with van der Waals surface area (Å²) >= 11 is 0. The smallest absolute Gasteiger partial charge is 0.212 e. The number of rotatable bonds is 6. The fourth-order valence-corrected chi connectivity index (χ4v) is 2.64. The van der Waals surface area contributed by atoms with Crippen molar-refractivity contribution in [2.45, 2.75) is 19.4 Å². The first-order valence-corrected chi connectivity index (χ1v) is 6.93. The fourth-order valence-electron chi connectivity index (χ4n) is 1.31. The van der Waals surface area contributed by atoms with Crippen LogP contribution in [0.3, 0.4) is 0 Å². The topological polar surface area (TPSA) is 72.2 Å².